The van der Waals surface area contributed by atoms with E-state index in [1.165, 1.54) is 12.1 Å². The van der Waals surface area contributed by atoms with Gasteiger partial charge in [0.15, 0.2) is 5.78 Å². The van der Waals surface area contributed by atoms with Crippen molar-refractivity contribution in [1.29, 1.82) is 0 Å². The van der Waals surface area contributed by atoms with Gasteiger partial charge in [0.05, 0.1) is 6.54 Å². The topological polar surface area (TPSA) is 29.1 Å². The van der Waals surface area contributed by atoms with Crippen LogP contribution in [0.1, 0.15) is 25.8 Å². The van der Waals surface area contributed by atoms with E-state index in [-0.39, 0.29) is 30.4 Å². The van der Waals surface area contributed by atoms with Gasteiger partial charge in [0, 0.05) is 23.0 Å². The van der Waals surface area contributed by atoms with Crippen LogP contribution in [0.3, 0.4) is 0 Å². The molecule has 0 bridgehead atoms. The van der Waals surface area contributed by atoms with Crippen LogP contribution in [-0.2, 0) is 11.2 Å². The molecule has 0 spiro atoms. The summed E-state index contributed by atoms with van der Waals surface area (Å²) in [6, 6.07) is 4.73. The van der Waals surface area contributed by atoms with E-state index in [4.69, 9.17) is 11.6 Å². The van der Waals surface area contributed by atoms with Crippen molar-refractivity contribution in [1.82, 2.24) is 5.32 Å². The molecule has 0 heterocycles. The summed E-state index contributed by atoms with van der Waals surface area (Å²) in [6.07, 6.45) is 0.989. The molecule has 0 radical (unpaired) electrons. The normalized spacial score (nSPS) is 12.5. The monoisotopic (exact) mass is 257 g/mol. The first-order valence-electron chi connectivity index (χ1n) is 5.72. The molecule has 1 atom stereocenters. The first kappa shape index (κ1) is 14.1. The lowest BCUT2D eigenvalue weighted by Gasteiger charge is -2.11. The highest BCUT2D eigenvalue weighted by molar-refractivity contribution is 6.31. The van der Waals surface area contributed by atoms with Crippen LogP contribution in [0.4, 0.5) is 4.39 Å². The Bertz CT molecular complexity index is 375. The summed E-state index contributed by atoms with van der Waals surface area (Å²) in [5.41, 5.74) is 0.283. The van der Waals surface area contributed by atoms with Gasteiger partial charge >= 0.3 is 0 Å². The fourth-order valence-electron chi connectivity index (χ4n) is 1.39. The average molecular weight is 258 g/mol. The summed E-state index contributed by atoms with van der Waals surface area (Å²) < 4.78 is 13.4. The van der Waals surface area contributed by atoms with Crippen molar-refractivity contribution in [3.63, 3.8) is 0 Å². The van der Waals surface area contributed by atoms with Crippen LogP contribution < -0.4 is 5.32 Å². The van der Waals surface area contributed by atoms with E-state index in [1.807, 2.05) is 13.8 Å². The summed E-state index contributed by atoms with van der Waals surface area (Å²) in [6.45, 7) is 4.29. The third kappa shape index (κ3) is 4.44. The lowest BCUT2D eigenvalue weighted by molar-refractivity contribution is -0.117. The third-order valence-electron chi connectivity index (χ3n) is 2.70. The highest BCUT2D eigenvalue weighted by Crippen LogP contribution is 2.19. The maximum absolute atomic E-state index is 13.4. The van der Waals surface area contributed by atoms with E-state index >= 15 is 0 Å². The maximum Gasteiger partial charge on any atom is 0.151 e. The molecule has 94 valence electrons. The van der Waals surface area contributed by atoms with Crippen LogP contribution >= 0.6 is 11.6 Å². The Morgan fingerprint density at radius 2 is 2.24 bits per heavy atom. The Morgan fingerprint density at radius 3 is 2.82 bits per heavy atom. The number of carbonyl (C=O) groups excluding carboxylic acids is 1. The number of benzene rings is 1. The molecule has 0 aliphatic heterocycles. The van der Waals surface area contributed by atoms with Gasteiger partial charge in [-0.25, -0.2) is 4.39 Å². The second kappa shape index (κ2) is 6.72. The summed E-state index contributed by atoms with van der Waals surface area (Å²) in [5, 5.41) is 3.38. The molecule has 1 unspecified atom stereocenters. The average Bonchev–Trinajstić information content (AvgIpc) is 2.31. The molecule has 0 aromatic heterocycles. The molecule has 0 amide bonds. The standard InChI is InChI=1S/C13H17ClFNO/c1-3-9(2)16-8-10(17)7-11-12(14)5-4-6-13(11)15/h4-6,9,16H,3,7-8H2,1-2H3. The maximum atomic E-state index is 13.4. The zero-order valence-corrected chi connectivity index (χ0v) is 10.9. The summed E-state index contributed by atoms with van der Waals surface area (Å²) >= 11 is 5.85. The van der Waals surface area contributed by atoms with E-state index in [2.05, 4.69) is 5.32 Å². The van der Waals surface area contributed by atoms with Crippen molar-refractivity contribution in [2.24, 2.45) is 0 Å². The zero-order valence-electron chi connectivity index (χ0n) is 10.1. The predicted octanol–water partition coefficient (Wildman–Crippen LogP) is 2.98. The lowest BCUT2D eigenvalue weighted by Crippen LogP contribution is -2.31. The van der Waals surface area contributed by atoms with Crippen molar-refractivity contribution in [2.75, 3.05) is 6.54 Å². The molecule has 0 saturated heterocycles. The van der Waals surface area contributed by atoms with Crippen molar-refractivity contribution in [2.45, 2.75) is 32.7 Å². The van der Waals surface area contributed by atoms with Gasteiger partial charge in [-0.3, -0.25) is 4.79 Å². The van der Waals surface area contributed by atoms with Crippen LogP contribution in [0.25, 0.3) is 0 Å². The molecule has 0 aliphatic rings. The molecule has 0 saturated carbocycles. The highest BCUT2D eigenvalue weighted by Gasteiger charge is 2.12. The van der Waals surface area contributed by atoms with Gasteiger partial charge in [0.25, 0.3) is 0 Å². The SMILES string of the molecule is CCC(C)NCC(=O)Cc1c(F)cccc1Cl. The van der Waals surface area contributed by atoms with E-state index in [0.717, 1.165) is 6.42 Å². The van der Waals surface area contributed by atoms with Gasteiger partial charge in [0.2, 0.25) is 0 Å². The highest BCUT2D eigenvalue weighted by atomic mass is 35.5. The number of ketones is 1. The summed E-state index contributed by atoms with van der Waals surface area (Å²) in [7, 11) is 0. The van der Waals surface area contributed by atoms with Gasteiger partial charge in [-0.1, -0.05) is 24.6 Å². The Labute approximate surface area is 106 Å². The first-order chi connectivity index (χ1) is 8.04. The van der Waals surface area contributed by atoms with E-state index < -0.39 is 5.82 Å². The molecule has 0 fully saturated rings. The Balaban J connectivity index is 2.56. The molecule has 1 aromatic carbocycles. The number of carbonyl (C=O) groups is 1. The number of nitrogens with one attached hydrogen (secondary N) is 1. The first-order valence-corrected chi connectivity index (χ1v) is 6.10. The minimum Gasteiger partial charge on any atom is -0.307 e. The van der Waals surface area contributed by atoms with Crippen LogP contribution in [0, 0.1) is 5.82 Å². The zero-order chi connectivity index (χ0) is 12.8. The van der Waals surface area contributed by atoms with Gasteiger partial charge in [-0.05, 0) is 25.5 Å². The van der Waals surface area contributed by atoms with E-state index in [9.17, 15) is 9.18 Å². The number of rotatable bonds is 6. The molecule has 1 N–H and O–H groups in total. The van der Waals surface area contributed by atoms with Gasteiger partial charge in [0.1, 0.15) is 5.82 Å². The quantitative estimate of drug-likeness (QED) is 0.849. The van der Waals surface area contributed by atoms with Crippen molar-refractivity contribution in [3.8, 4) is 0 Å². The fraction of sp³-hybridized carbons (Fsp3) is 0.462. The Hall–Kier alpha value is -0.930. The van der Waals surface area contributed by atoms with Crippen LogP contribution in [0.5, 0.6) is 0 Å². The number of hydrogen-bond donors (Lipinski definition) is 1. The molecule has 2 nitrogen and oxygen atoms in total. The van der Waals surface area contributed by atoms with Crippen LogP contribution in [-0.4, -0.2) is 18.4 Å². The number of Topliss-reactive ketones (excluding diaryl/α,β-unsaturated/α-hetero) is 1. The minimum atomic E-state index is -0.422. The summed E-state index contributed by atoms with van der Waals surface area (Å²) in [5.74, 6) is -0.480. The lowest BCUT2D eigenvalue weighted by atomic mass is 10.1. The molecular formula is C13H17ClFNO. The third-order valence-corrected chi connectivity index (χ3v) is 3.05. The van der Waals surface area contributed by atoms with Gasteiger partial charge < -0.3 is 5.32 Å². The second-order valence-corrected chi connectivity index (χ2v) is 4.51. The van der Waals surface area contributed by atoms with Crippen molar-refractivity contribution < 1.29 is 9.18 Å². The molecule has 1 rings (SSSR count). The second-order valence-electron chi connectivity index (χ2n) is 4.11. The molecule has 1 aromatic rings. The summed E-state index contributed by atoms with van der Waals surface area (Å²) in [4.78, 5) is 11.6. The molecule has 0 aliphatic carbocycles. The Morgan fingerprint density at radius 1 is 1.53 bits per heavy atom. The fourth-order valence-corrected chi connectivity index (χ4v) is 1.62. The molecular weight excluding hydrogens is 241 g/mol. The predicted molar refractivity (Wildman–Crippen MR) is 67.9 cm³/mol. The van der Waals surface area contributed by atoms with Crippen LogP contribution in [0.2, 0.25) is 5.02 Å². The van der Waals surface area contributed by atoms with Crippen molar-refractivity contribution in [3.05, 3.63) is 34.6 Å². The Kier molecular flexibility index (Phi) is 5.59. The van der Waals surface area contributed by atoms with E-state index in [1.54, 1.807) is 6.07 Å². The van der Waals surface area contributed by atoms with Gasteiger partial charge in [-0.2, -0.15) is 0 Å². The number of halogens is 2. The van der Waals surface area contributed by atoms with Crippen molar-refractivity contribution >= 4 is 17.4 Å². The molecule has 17 heavy (non-hydrogen) atoms. The smallest absolute Gasteiger partial charge is 0.151 e. The van der Waals surface area contributed by atoms with Gasteiger partial charge in [-0.15, -0.1) is 0 Å². The van der Waals surface area contributed by atoms with Crippen LogP contribution in [0.15, 0.2) is 18.2 Å². The largest absolute Gasteiger partial charge is 0.307 e. The van der Waals surface area contributed by atoms with E-state index in [0.29, 0.717) is 5.02 Å². The minimum absolute atomic E-state index is 0.0366. The number of hydrogen-bond acceptors (Lipinski definition) is 2. The molecule has 4 heteroatoms.